The van der Waals surface area contributed by atoms with Crippen LogP contribution in [0.3, 0.4) is 0 Å². The van der Waals surface area contributed by atoms with Gasteiger partial charge in [-0.15, -0.1) is 0 Å². The van der Waals surface area contributed by atoms with E-state index in [1.807, 2.05) is 12.1 Å². The number of hydrogen-bond acceptors (Lipinski definition) is 4. The summed E-state index contributed by atoms with van der Waals surface area (Å²) in [6.45, 7) is 5.44. The van der Waals surface area contributed by atoms with Crippen LogP contribution in [0.1, 0.15) is 24.5 Å². The Bertz CT molecular complexity index is 478. The number of ether oxygens (including phenoxy) is 1. The third kappa shape index (κ3) is 3.67. The Hall–Kier alpha value is -1.20. The van der Waals surface area contributed by atoms with Gasteiger partial charge in [-0.05, 0) is 24.1 Å². The summed E-state index contributed by atoms with van der Waals surface area (Å²) < 4.78 is 5.25. The van der Waals surface area contributed by atoms with Crippen molar-refractivity contribution in [2.45, 2.75) is 25.1 Å². The highest BCUT2D eigenvalue weighted by atomic mass is 32.2. The van der Waals surface area contributed by atoms with Crippen molar-refractivity contribution in [3.05, 3.63) is 29.3 Å². The first-order valence-corrected chi connectivity index (χ1v) is 8.04. The predicted molar refractivity (Wildman–Crippen MR) is 85.8 cm³/mol. The van der Waals surface area contributed by atoms with Crippen LogP contribution in [0.4, 0.5) is 0 Å². The molecule has 110 valence electrons. The molecule has 0 aliphatic carbocycles. The number of thioether (sulfide) groups is 1. The van der Waals surface area contributed by atoms with Crippen molar-refractivity contribution in [1.82, 2.24) is 4.90 Å². The molecule has 0 saturated carbocycles. The van der Waals surface area contributed by atoms with Crippen molar-refractivity contribution in [2.75, 3.05) is 26.0 Å². The van der Waals surface area contributed by atoms with Gasteiger partial charge in [-0.2, -0.15) is 11.8 Å². The summed E-state index contributed by atoms with van der Waals surface area (Å²) in [6.07, 6.45) is 1.22. The minimum absolute atomic E-state index is 0.0596. The van der Waals surface area contributed by atoms with Crippen LogP contribution >= 0.6 is 11.8 Å². The number of hydrogen-bond donors (Lipinski definition) is 2. The Balaban J connectivity index is 2.09. The van der Waals surface area contributed by atoms with Gasteiger partial charge in [0.05, 0.1) is 12.7 Å². The second-order valence-corrected chi connectivity index (χ2v) is 6.49. The molecule has 20 heavy (non-hydrogen) atoms. The Morgan fingerprint density at radius 3 is 3.00 bits per heavy atom. The summed E-state index contributed by atoms with van der Waals surface area (Å²) in [7, 11) is 1.61. The van der Waals surface area contributed by atoms with E-state index < -0.39 is 0 Å². The molecule has 4 nitrogen and oxygen atoms in total. The minimum Gasteiger partial charge on any atom is -0.496 e. The SMILES string of the molecule is CCC1CN(Cc2ccc(OC)c(C(=N)N)c2)CCS1. The molecule has 1 aliphatic rings. The van der Waals surface area contributed by atoms with Crippen LogP contribution in [0, 0.1) is 5.41 Å². The Morgan fingerprint density at radius 1 is 1.55 bits per heavy atom. The molecule has 0 aromatic heterocycles. The Morgan fingerprint density at radius 2 is 2.35 bits per heavy atom. The summed E-state index contributed by atoms with van der Waals surface area (Å²) in [6, 6.07) is 5.94. The molecular weight excluding hydrogens is 270 g/mol. The quantitative estimate of drug-likeness (QED) is 0.646. The number of amidine groups is 1. The summed E-state index contributed by atoms with van der Waals surface area (Å²) in [4.78, 5) is 2.48. The van der Waals surface area contributed by atoms with Gasteiger partial charge in [0.2, 0.25) is 0 Å². The van der Waals surface area contributed by atoms with Crippen molar-refractivity contribution in [2.24, 2.45) is 5.73 Å². The van der Waals surface area contributed by atoms with Gasteiger partial charge < -0.3 is 10.5 Å². The van der Waals surface area contributed by atoms with E-state index in [1.54, 1.807) is 7.11 Å². The second-order valence-electron chi connectivity index (χ2n) is 5.08. The molecule has 3 N–H and O–H groups in total. The van der Waals surface area contributed by atoms with E-state index in [9.17, 15) is 0 Å². The summed E-state index contributed by atoms with van der Waals surface area (Å²) >= 11 is 2.08. The van der Waals surface area contributed by atoms with Crippen molar-refractivity contribution in [3.8, 4) is 5.75 Å². The van der Waals surface area contributed by atoms with Crippen LogP contribution < -0.4 is 10.5 Å². The molecule has 0 bridgehead atoms. The van der Waals surface area contributed by atoms with Crippen LogP contribution in [0.5, 0.6) is 5.75 Å². The first kappa shape index (κ1) is 15.2. The molecule has 2 rings (SSSR count). The van der Waals surface area contributed by atoms with Gasteiger partial charge in [0, 0.05) is 30.6 Å². The molecule has 1 unspecified atom stereocenters. The fourth-order valence-corrected chi connectivity index (χ4v) is 3.74. The van der Waals surface area contributed by atoms with E-state index in [2.05, 4.69) is 29.7 Å². The highest BCUT2D eigenvalue weighted by molar-refractivity contribution is 8.00. The largest absolute Gasteiger partial charge is 0.496 e. The van der Waals surface area contributed by atoms with Gasteiger partial charge in [-0.1, -0.05) is 13.0 Å². The van der Waals surface area contributed by atoms with E-state index in [0.29, 0.717) is 11.3 Å². The first-order valence-electron chi connectivity index (χ1n) is 6.99. The highest BCUT2D eigenvalue weighted by Crippen LogP contribution is 2.24. The zero-order valence-corrected chi connectivity index (χ0v) is 13.0. The number of benzene rings is 1. The van der Waals surface area contributed by atoms with Gasteiger partial charge in [0.15, 0.2) is 0 Å². The predicted octanol–water partition coefficient (Wildman–Crippen LogP) is 2.31. The van der Waals surface area contributed by atoms with Gasteiger partial charge >= 0.3 is 0 Å². The number of nitrogen functional groups attached to an aromatic ring is 1. The van der Waals surface area contributed by atoms with Crippen LogP contribution in [0.25, 0.3) is 0 Å². The minimum atomic E-state index is 0.0596. The Kier molecular flexibility index (Phi) is 5.31. The van der Waals surface area contributed by atoms with E-state index in [1.165, 1.54) is 17.7 Å². The molecule has 1 aliphatic heterocycles. The number of nitrogens with one attached hydrogen (secondary N) is 1. The number of rotatable bonds is 5. The number of nitrogens with two attached hydrogens (primary N) is 1. The van der Waals surface area contributed by atoms with Crippen LogP contribution in [0.2, 0.25) is 0 Å². The lowest BCUT2D eigenvalue weighted by Gasteiger charge is -2.32. The summed E-state index contributed by atoms with van der Waals surface area (Å²) in [5, 5.41) is 8.38. The van der Waals surface area contributed by atoms with Gasteiger partial charge in [-0.3, -0.25) is 10.3 Å². The molecule has 5 heteroatoms. The van der Waals surface area contributed by atoms with E-state index in [0.717, 1.165) is 24.9 Å². The summed E-state index contributed by atoms with van der Waals surface area (Å²) in [5.74, 6) is 1.93. The fraction of sp³-hybridized carbons (Fsp3) is 0.533. The lowest BCUT2D eigenvalue weighted by Crippen LogP contribution is -2.37. The number of nitrogens with zero attached hydrogens (tertiary/aromatic N) is 1. The lowest BCUT2D eigenvalue weighted by atomic mass is 10.1. The molecular formula is C15H23N3OS. The monoisotopic (exact) mass is 293 g/mol. The van der Waals surface area contributed by atoms with Crippen molar-refractivity contribution < 1.29 is 4.74 Å². The van der Waals surface area contributed by atoms with Crippen molar-refractivity contribution in [3.63, 3.8) is 0 Å². The standard InChI is InChI=1S/C15H23N3OS/c1-3-12-10-18(6-7-20-12)9-11-4-5-14(19-2)13(8-11)15(16)17/h4-5,8,12H,3,6-7,9-10H2,1-2H3,(H3,16,17). The van der Waals surface area contributed by atoms with Crippen LogP contribution in [0.15, 0.2) is 18.2 Å². The van der Waals surface area contributed by atoms with Crippen LogP contribution in [-0.2, 0) is 6.54 Å². The zero-order chi connectivity index (χ0) is 14.5. The maximum absolute atomic E-state index is 7.64. The average molecular weight is 293 g/mol. The fourth-order valence-electron chi connectivity index (χ4n) is 2.49. The maximum atomic E-state index is 7.64. The molecule has 0 amide bonds. The molecule has 1 saturated heterocycles. The third-order valence-electron chi connectivity index (χ3n) is 3.64. The molecule has 1 atom stereocenters. The summed E-state index contributed by atoms with van der Waals surface area (Å²) in [5.41, 5.74) is 7.50. The first-order chi connectivity index (χ1) is 9.63. The third-order valence-corrected chi connectivity index (χ3v) is 5.01. The molecule has 1 heterocycles. The van der Waals surface area contributed by atoms with Crippen LogP contribution in [-0.4, -0.2) is 41.9 Å². The van der Waals surface area contributed by atoms with E-state index >= 15 is 0 Å². The van der Waals surface area contributed by atoms with Crippen molar-refractivity contribution in [1.29, 1.82) is 5.41 Å². The van der Waals surface area contributed by atoms with Gasteiger partial charge in [0.1, 0.15) is 11.6 Å². The average Bonchev–Trinajstić information content (AvgIpc) is 2.47. The second kappa shape index (κ2) is 6.99. The van der Waals surface area contributed by atoms with E-state index in [-0.39, 0.29) is 5.84 Å². The van der Waals surface area contributed by atoms with Gasteiger partial charge in [-0.25, -0.2) is 0 Å². The van der Waals surface area contributed by atoms with Crippen molar-refractivity contribution >= 4 is 17.6 Å². The van der Waals surface area contributed by atoms with E-state index in [4.69, 9.17) is 15.9 Å². The zero-order valence-electron chi connectivity index (χ0n) is 12.2. The molecule has 0 spiro atoms. The normalized spacial score (nSPS) is 19.8. The number of methoxy groups -OCH3 is 1. The lowest BCUT2D eigenvalue weighted by molar-refractivity contribution is 0.273. The molecule has 1 aromatic carbocycles. The molecule has 1 aromatic rings. The van der Waals surface area contributed by atoms with Gasteiger partial charge in [0.25, 0.3) is 0 Å². The smallest absolute Gasteiger partial charge is 0.129 e. The molecule has 0 radical (unpaired) electrons. The maximum Gasteiger partial charge on any atom is 0.129 e. The Labute approximate surface area is 125 Å². The topological polar surface area (TPSA) is 62.3 Å². The highest BCUT2D eigenvalue weighted by Gasteiger charge is 2.19. The molecule has 1 fully saturated rings.